The van der Waals surface area contributed by atoms with E-state index in [0.29, 0.717) is 18.6 Å². The molecule has 1 aromatic carbocycles. The number of carbonyl (C=O) groups excluding carboxylic acids is 1. The van der Waals surface area contributed by atoms with E-state index in [2.05, 4.69) is 0 Å². The fourth-order valence-corrected chi connectivity index (χ4v) is 2.19. The number of ether oxygens (including phenoxy) is 1. The number of hydrogen-bond donors (Lipinski definition) is 0. The molecule has 1 rings (SSSR count). The van der Waals surface area contributed by atoms with E-state index in [-0.39, 0.29) is 29.0 Å². The van der Waals surface area contributed by atoms with E-state index in [4.69, 9.17) is 4.74 Å². The maximum absolute atomic E-state index is 12.3. The van der Waals surface area contributed by atoms with Gasteiger partial charge in [0.15, 0.2) is 0 Å². The molecular formula is C13H15F3O2S. The van der Waals surface area contributed by atoms with Gasteiger partial charge in [-0.05, 0) is 49.2 Å². The van der Waals surface area contributed by atoms with E-state index in [9.17, 15) is 18.0 Å². The third-order valence-corrected chi connectivity index (χ3v) is 3.30. The number of aryl methyl sites for hydroxylation is 2. The van der Waals surface area contributed by atoms with Gasteiger partial charge in [0.2, 0.25) is 0 Å². The molecule has 0 saturated carbocycles. The van der Waals surface area contributed by atoms with Crippen LogP contribution < -0.4 is 0 Å². The second kappa shape index (κ2) is 6.84. The fourth-order valence-electron chi connectivity index (χ4n) is 1.59. The topological polar surface area (TPSA) is 26.3 Å². The summed E-state index contributed by atoms with van der Waals surface area (Å²) in [7, 11) is 0. The molecule has 106 valence electrons. The molecule has 0 amide bonds. The van der Waals surface area contributed by atoms with E-state index in [0.717, 1.165) is 5.56 Å². The monoisotopic (exact) mass is 292 g/mol. The van der Waals surface area contributed by atoms with Gasteiger partial charge in [-0.3, -0.25) is 4.79 Å². The Morgan fingerprint density at radius 1 is 1.37 bits per heavy atom. The van der Waals surface area contributed by atoms with Crippen LogP contribution >= 0.6 is 11.8 Å². The Kier molecular flexibility index (Phi) is 5.72. The third-order valence-electron chi connectivity index (χ3n) is 2.39. The maximum Gasteiger partial charge on any atom is 0.446 e. The largest absolute Gasteiger partial charge is 0.466 e. The molecule has 0 aliphatic carbocycles. The first-order valence-electron chi connectivity index (χ1n) is 5.82. The molecule has 2 nitrogen and oxygen atoms in total. The van der Waals surface area contributed by atoms with Gasteiger partial charge in [0.25, 0.3) is 0 Å². The predicted octanol–water partition coefficient (Wildman–Crippen LogP) is 4.10. The zero-order valence-corrected chi connectivity index (χ0v) is 11.5. The molecule has 0 bridgehead atoms. The molecular weight excluding hydrogens is 277 g/mol. The van der Waals surface area contributed by atoms with Crippen LogP contribution in [0, 0.1) is 6.92 Å². The van der Waals surface area contributed by atoms with Crippen molar-refractivity contribution in [2.24, 2.45) is 0 Å². The van der Waals surface area contributed by atoms with Crippen molar-refractivity contribution in [1.29, 1.82) is 0 Å². The highest BCUT2D eigenvalue weighted by molar-refractivity contribution is 8.00. The number of halogens is 3. The van der Waals surface area contributed by atoms with Gasteiger partial charge >= 0.3 is 11.5 Å². The Hall–Kier alpha value is -1.17. The normalized spacial score (nSPS) is 11.4. The van der Waals surface area contributed by atoms with E-state index in [1.54, 1.807) is 26.0 Å². The number of rotatable bonds is 5. The van der Waals surface area contributed by atoms with E-state index < -0.39 is 5.51 Å². The van der Waals surface area contributed by atoms with Crippen molar-refractivity contribution in [3.63, 3.8) is 0 Å². The summed E-state index contributed by atoms with van der Waals surface area (Å²) in [6, 6.07) is 4.72. The Morgan fingerprint density at radius 2 is 2.05 bits per heavy atom. The van der Waals surface area contributed by atoms with Gasteiger partial charge in [0.05, 0.1) is 6.61 Å². The van der Waals surface area contributed by atoms with Gasteiger partial charge in [-0.1, -0.05) is 12.1 Å². The molecule has 0 aromatic heterocycles. The molecule has 0 radical (unpaired) electrons. The summed E-state index contributed by atoms with van der Waals surface area (Å²) in [5, 5.41) is 0. The average Bonchev–Trinajstić information content (AvgIpc) is 2.28. The highest BCUT2D eigenvalue weighted by Gasteiger charge is 2.29. The smallest absolute Gasteiger partial charge is 0.446 e. The first-order chi connectivity index (χ1) is 8.81. The summed E-state index contributed by atoms with van der Waals surface area (Å²) in [6.07, 6.45) is 0.704. The molecule has 6 heteroatoms. The standard InChI is InChI=1S/C13H15F3O2S/c1-3-18-12(17)7-5-10-4-6-11(9(2)8-10)19-13(14,15)16/h4,6,8H,3,5,7H2,1-2H3. The molecule has 0 saturated heterocycles. The number of alkyl halides is 3. The summed E-state index contributed by atoms with van der Waals surface area (Å²) in [4.78, 5) is 11.4. The summed E-state index contributed by atoms with van der Waals surface area (Å²) < 4.78 is 41.6. The van der Waals surface area contributed by atoms with Gasteiger partial charge in [-0.25, -0.2) is 0 Å². The SMILES string of the molecule is CCOC(=O)CCc1ccc(SC(F)(F)F)c(C)c1. The second-order valence-corrected chi connectivity index (χ2v) is 5.06. The number of hydrogen-bond acceptors (Lipinski definition) is 3. The van der Waals surface area contributed by atoms with Gasteiger partial charge in [0.1, 0.15) is 0 Å². The Bertz CT molecular complexity index is 444. The first-order valence-corrected chi connectivity index (χ1v) is 6.64. The quantitative estimate of drug-likeness (QED) is 0.603. The van der Waals surface area contributed by atoms with Gasteiger partial charge in [-0.15, -0.1) is 0 Å². The zero-order valence-electron chi connectivity index (χ0n) is 10.7. The number of benzene rings is 1. The highest BCUT2D eigenvalue weighted by Crippen LogP contribution is 2.38. The Labute approximate surface area is 114 Å². The van der Waals surface area contributed by atoms with Gasteiger partial charge in [-0.2, -0.15) is 13.2 Å². The summed E-state index contributed by atoms with van der Waals surface area (Å²) in [5.41, 5.74) is -2.89. The zero-order chi connectivity index (χ0) is 14.5. The lowest BCUT2D eigenvalue weighted by molar-refractivity contribution is -0.143. The van der Waals surface area contributed by atoms with Gasteiger partial charge < -0.3 is 4.74 Å². The predicted molar refractivity (Wildman–Crippen MR) is 68.0 cm³/mol. The maximum atomic E-state index is 12.3. The van der Waals surface area contributed by atoms with Crippen molar-refractivity contribution in [1.82, 2.24) is 0 Å². The van der Waals surface area contributed by atoms with Crippen LogP contribution in [0.5, 0.6) is 0 Å². The molecule has 1 aromatic rings. The van der Waals surface area contributed by atoms with E-state index >= 15 is 0 Å². The van der Waals surface area contributed by atoms with Crippen molar-refractivity contribution in [3.8, 4) is 0 Å². The van der Waals surface area contributed by atoms with Crippen molar-refractivity contribution in [3.05, 3.63) is 29.3 Å². The molecule has 0 aliphatic rings. The van der Waals surface area contributed by atoms with Crippen LogP contribution in [0.1, 0.15) is 24.5 Å². The third kappa shape index (κ3) is 6.00. The molecule has 0 aliphatic heterocycles. The fraction of sp³-hybridized carbons (Fsp3) is 0.462. The molecule has 0 heterocycles. The Balaban J connectivity index is 2.64. The lowest BCUT2D eigenvalue weighted by Crippen LogP contribution is -2.05. The second-order valence-electron chi connectivity index (χ2n) is 3.95. The minimum absolute atomic E-state index is 0.123. The van der Waals surface area contributed by atoms with Crippen LogP contribution in [0.15, 0.2) is 23.1 Å². The van der Waals surface area contributed by atoms with Gasteiger partial charge in [0, 0.05) is 11.3 Å². The molecule has 0 atom stereocenters. The van der Waals surface area contributed by atoms with Crippen LogP contribution in [-0.2, 0) is 16.0 Å². The van der Waals surface area contributed by atoms with Crippen molar-refractivity contribution < 1.29 is 22.7 Å². The number of carbonyl (C=O) groups is 1. The summed E-state index contributed by atoms with van der Waals surface area (Å²) in [5.74, 6) is -0.297. The summed E-state index contributed by atoms with van der Waals surface area (Å²) in [6.45, 7) is 3.69. The van der Waals surface area contributed by atoms with Crippen molar-refractivity contribution in [2.45, 2.75) is 37.1 Å². The summed E-state index contributed by atoms with van der Waals surface area (Å²) >= 11 is -0.123. The van der Waals surface area contributed by atoms with Crippen molar-refractivity contribution in [2.75, 3.05) is 6.61 Å². The molecule has 0 unspecified atom stereocenters. The lowest BCUT2D eigenvalue weighted by atomic mass is 10.1. The van der Waals surface area contributed by atoms with E-state index in [1.165, 1.54) is 6.07 Å². The van der Waals surface area contributed by atoms with Crippen LogP contribution in [0.4, 0.5) is 13.2 Å². The first kappa shape index (κ1) is 15.9. The minimum atomic E-state index is -4.28. The lowest BCUT2D eigenvalue weighted by Gasteiger charge is -2.10. The van der Waals surface area contributed by atoms with Crippen molar-refractivity contribution >= 4 is 17.7 Å². The van der Waals surface area contributed by atoms with E-state index in [1.807, 2.05) is 0 Å². The number of esters is 1. The minimum Gasteiger partial charge on any atom is -0.466 e. The Morgan fingerprint density at radius 3 is 2.58 bits per heavy atom. The number of thioether (sulfide) groups is 1. The molecule has 0 spiro atoms. The van der Waals surface area contributed by atoms with Crippen LogP contribution in [0.25, 0.3) is 0 Å². The molecule has 19 heavy (non-hydrogen) atoms. The average molecular weight is 292 g/mol. The molecule has 0 N–H and O–H groups in total. The molecule has 0 fully saturated rings. The van der Waals surface area contributed by atoms with Crippen LogP contribution in [0.2, 0.25) is 0 Å². The highest BCUT2D eigenvalue weighted by atomic mass is 32.2. The van der Waals surface area contributed by atoms with Crippen LogP contribution in [0.3, 0.4) is 0 Å². The van der Waals surface area contributed by atoms with Crippen LogP contribution in [-0.4, -0.2) is 18.1 Å².